The van der Waals surface area contributed by atoms with Crippen molar-refractivity contribution in [2.45, 2.75) is 18.2 Å². The van der Waals surface area contributed by atoms with E-state index < -0.39 is 0 Å². The third kappa shape index (κ3) is 3.78. The zero-order valence-electron chi connectivity index (χ0n) is 13.4. The van der Waals surface area contributed by atoms with Gasteiger partial charge in [0.05, 0.1) is 12.4 Å². The van der Waals surface area contributed by atoms with E-state index in [1.807, 2.05) is 11.4 Å². The van der Waals surface area contributed by atoms with E-state index in [1.54, 1.807) is 23.5 Å². The quantitative estimate of drug-likeness (QED) is 0.358. The molecular formula is C17H13ClN2O4S2. The number of benzene rings is 1. The van der Waals surface area contributed by atoms with Crippen molar-refractivity contribution in [3.05, 3.63) is 46.1 Å². The number of carbonyl (C=O) groups excluding carboxylic acids is 1. The van der Waals surface area contributed by atoms with E-state index in [1.165, 1.54) is 18.1 Å². The highest BCUT2D eigenvalue weighted by atomic mass is 35.5. The molecule has 0 spiro atoms. The van der Waals surface area contributed by atoms with Gasteiger partial charge in [-0.25, -0.2) is 9.97 Å². The molecule has 0 unspecified atom stereocenters. The molecule has 0 saturated heterocycles. The van der Waals surface area contributed by atoms with Gasteiger partial charge in [-0.3, -0.25) is 4.79 Å². The Kier molecular flexibility index (Phi) is 5.26. The molecule has 6 nitrogen and oxygen atoms in total. The van der Waals surface area contributed by atoms with Crippen LogP contribution in [0.25, 0.3) is 10.2 Å². The lowest BCUT2D eigenvalue weighted by Crippen LogP contribution is -2.14. The standard InChI is InChI=1S/C17H13ClN2O4S2/c18-12-3-10-5-22-9-24-15(10)11(4-12)6-23-14(21)7-26-17-13-1-2-25-16(13)19-8-20-17/h1-4,8H,5-7,9H2. The molecule has 4 rings (SSSR count). The number of thiophene rings is 1. The first-order chi connectivity index (χ1) is 12.7. The van der Waals surface area contributed by atoms with Crippen LogP contribution in [0.2, 0.25) is 5.02 Å². The van der Waals surface area contributed by atoms with Crippen molar-refractivity contribution in [3.8, 4) is 5.75 Å². The van der Waals surface area contributed by atoms with Gasteiger partial charge in [0.2, 0.25) is 0 Å². The third-order valence-electron chi connectivity index (χ3n) is 3.69. The Morgan fingerprint density at radius 2 is 2.31 bits per heavy atom. The minimum atomic E-state index is -0.335. The fourth-order valence-electron chi connectivity index (χ4n) is 2.57. The number of ether oxygens (including phenoxy) is 3. The molecule has 26 heavy (non-hydrogen) atoms. The smallest absolute Gasteiger partial charge is 0.316 e. The average Bonchev–Trinajstić information content (AvgIpc) is 3.13. The van der Waals surface area contributed by atoms with Crippen LogP contribution in [0.1, 0.15) is 11.1 Å². The largest absolute Gasteiger partial charge is 0.467 e. The van der Waals surface area contributed by atoms with Gasteiger partial charge in [0.25, 0.3) is 0 Å². The van der Waals surface area contributed by atoms with E-state index in [4.69, 9.17) is 25.8 Å². The molecule has 3 heterocycles. The molecule has 0 atom stereocenters. The number of esters is 1. The number of rotatable bonds is 5. The van der Waals surface area contributed by atoms with Gasteiger partial charge in [0.1, 0.15) is 28.5 Å². The van der Waals surface area contributed by atoms with Crippen LogP contribution in [-0.2, 0) is 27.5 Å². The fraction of sp³-hybridized carbons (Fsp3) is 0.235. The van der Waals surface area contributed by atoms with Crippen LogP contribution >= 0.6 is 34.7 Å². The van der Waals surface area contributed by atoms with E-state index in [0.29, 0.717) is 17.4 Å². The summed E-state index contributed by atoms with van der Waals surface area (Å²) in [5.74, 6) is 0.504. The number of nitrogens with zero attached hydrogens (tertiary/aromatic N) is 2. The fourth-order valence-corrected chi connectivity index (χ4v) is 4.41. The van der Waals surface area contributed by atoms with Gasteiger partial charge in [0.15, 0.2) is 6.79 Å². The highest BCUT2D eigenvalue weighted by Gasteiger charge is 2.18. The summed E-state index contributed by atoms with van der Waals surface area (Å²) >= 11 is 8.99. The van der Waals surface area contributed by atoms with Crippen molar-refractivity contribution in [2.24, 2.45) is 0 Å². The van der Waals surface area contributed by atoms with Crippen molar-refractivity contribution in [1.82, 2.24) is 9.97 Å². The Balaban J connectivity index is 1.39. The van der Waals surface area contributed by atoms with E-state index in [-0.39, 0.29) is 25.1 Å². The molecule has 1 aliphatic rings. The predicted molar refractivity (Wildman–Crippen MR) is 99.7 cm³/mol. The van der Waals surface area contributed by atoms with Crippen molar-refractivity contribution >= 4 is 50.9 Å². The second kappa shape index (κ2) is 7.79. The van der Waals surface area contributed by atoms with E-state index >= 15 is 0 Å². The first kappa shape index (κ1) is 17.5. The number of aromatic nitrogens is 2. The molecular weight excluding hydrogens is 396 g/mol. The number of hydrogen-bond acceptors (Lipinski definition) is 8. The predicted octanol–water partition coefficient (Wildman–Crippen LogP) is 4.05. The second-order valence-electron chi connectivity index (χ2n) is 5.43. The summed E-state index contributed by atoms with van der Waals surface area (Å²) in [6.45, 7) is 0.701. The van der Waals surface area contributed by atoms with Crippen LogP contribution in [-0.4, -0.2) is 28.5 Å². The van der Waals surface area contributed by atoms with Crippen molar-refractivity contribution in [2.75, 3.05) is 12.5 Å². The number of fused-ring (bicyclic) bond motifs is 2. The SMILES string of the molecule is O=C(CSc1ncnc2sccc12)OCc1cc(Cl)cc2c1OCOC2. The lowest BCUT2D eigenvalue weighted by molar-refractivity contribution is -0.141. The molecule has 0 aliphatic carbocycles. The molecule has 2 aromatic heterocycles. The molecule has 0 saturated carbocycles. The van der Waals surface area contributed by atoms with Crippen LogP contribution in [0.3, 0.4) is 0 Å². The summed E-state index contributed by atoms with van der Waals surface area (Å²) in [7, 11) is 0. The lowest BCUT2D eigenvalue weighted by atomic mass is 10.1. The van der Waals surface area contributed by atoms with Crippen LogP contribution in [0.5, 0.6) is 5.75 Å². The summed E-state index contributed by atoms with van der Waals surface area (Å²) in [5.41, 5.74) is 1.58. The zero-order valence-corrected chi connectivity index (χ0v) is 15.8. The Morgan fingerprint density at radius 1 is 1.38 bits per heavy atom. The maximum absolute atomic E-state index is 12.1. The maximum Gasteiger partial charge on any atom is 0.316 e. The summed E-state index contributed by atoms with van der Waals surface area (Å²) in [6.07, 6.45) is 1.50. The van der Waals surface area contributed by atoms with Crippen molar-refractivity contribution < 1.29 is 19.0 Å². The zero-order chi connectivity index (χ0) is 17.9. The van der Waals surface area contributed by atoms with Gasteiger partial charge in [-0.15, -0.1) is 11.3 Å². The number of hydrogen-bond donors (Lipinski definition) is 0. The molecule has 0 N–H and O–H groups in total. The molecule has 1 aromatic carbocycles. The van der Waals surface area contributed by atoms with Gasteiger partial charge in [-0.2, -0.15) is 0 Å². The second-order valence-corrected chi connectivity index (χ2v) is 7.73. The van der Waals surface area contributed by atoms with Crippen molar-refractivity contribution in [1.29, 1.82) is 0 Å². The van der Waals surface area contributed by atoms with Gasteiger partial charge >= 0.3 is 5.97 Å². The number of carbonyl (C=O) groups is 1. The molecule has 3 aromatic rings. The van der Waals surface area contributed by atoms with Crippen LogP contribution in [0.15, 0.2) is 34.9 Å². The molecule has 134 valence electrons. The van der Waals surface area contributed by atoms with Gasteiger partial charge in [0, 0.05) is 21.5 Å². The van der Waals surface area contributed by atoms with E-state index in [9.17, 15) is 4.79 Å². The number of halogens is 1. The Labute approximate surface area is 162 Å². The van der Waals surface area contributed by atoms with Gasteiger partial charge in [-0.05, 0) is 23.6 Å². The average molecular weight is 409 g/mol. The third-order valence-corrected chi connectivity index (χ3v) is 5.71. The Hall–Kier alpha value is -1.87. The maximum atomic E-state index is 12.1. The summed E-state index contributed by atoms with van der Waals surface area (Å²) < 4.78 is 16.1. The van der Waals surface area contributed by atoms with Crippen molar-refractivity contribution in [3.63, 3.8) is 0 Å². The van der Waals surface area contributed by atoms with Crippen LogP contribution in [0.4, 0.5) is 0 Å². The van der Waals surface area contributed by atoms with E-state index in [2.05, 4.69) is 9.97 Å². The minimum Gasteiger partial charge on any atom is -0.467 e. The Morgan fingerprint density at radius 3 is 3.23 bits per heavy atom. The van der Waals surface area contributed by atoms with Crippen LogP contribution in [0, 0.1) is 0 Å². The summed E-state index contributed by atoms with van der Waals surface area (Å²) in [4.78, 5) is 21.5. The first-order valence-electron chi connectivity index (χ1n) is 7.69. The van der Waals surface area contributed by atoms with Gasteiger partial charge in [-0.1, -0.05) is 23.4 Å². The van der Waals surface area contributed by atoms with Gasteiger partial charge < -0.3 is 14.2 Å². The first-order valence-corrected chi connectivity index (χ1v) is 9.93. The summed E-state index contributed by atoms with van der Waals surface area (Å²) in [5, 5.41) is 4.23. The molecule has 1 aliphatic heterocycles. The number of thioether (sulfide) groups is 1. The lowest BCUT2D eigenvalue weighted by Gasteiger charge is -2.21. The highest BCUT2D eigenvalue weighted by Crippen LogP contribution is 2.32. The normalized spacial score (nSPS) is 13.3. The van der Waals surface area contributed by atoms with Crippen LogP contribution < -0.4 is 4.74 Å². The summed E-state index contributed by atoms with van der Waals surface area (Å²) in [6, 6.07) is 5.48. The Bertz CT molecular complexity index is 963. The van der Waals surface area contributed by atoms with E-state index in [0.717, 1.165) is 26.4 Å². The molecule has 0 radical (unpaired) electrons. The molecule has 9 heteroatoms. The molecule has 0 fully saturated rings. The minimum absolute atomic E-state index is 0.0971. The highest BCUT2D eigenvalue weighted by molar-refractivity contribution is 8.00. The monoisotopic (exact) mass is 408 g/mol. The topological polar surface area (TPSA) is 70.5 Å². The molecule has 0 bridgehead atoms. The molecule has 0 amide bonds.